The number of carbonyl (C=O) groups is 1. The molecule has 0 saturated carbocycles. The highest BCUT2D eigenvalue weighted by Gasteiger charge is 2.17. The molecule has 1 amide bonds. The number of hydrogen-bond donors (Lipinski definition) is 1. The third kappa shape index (κ3) is 5.75. The van der Waals surface area contributed by atoms with Crippen LogP contribution in [0.15, 0.2) is 24.3 Å². The van der Waals surface area contributed by atoms with Crippen molar-refractivity contribution in [1.82, 2.24) is 5.32 Å². The summed E-state index contributed by atoms with van der Waals surface area (Å²) < 4.78 is 10.6. The zero-order valence-corrected chi connectivity index (χ0v) is 11.9. The number of carbonyl (C=O) groups excluding carboxylic acids is 1. The van der Waals surface area contributed by atoms with Crippen LogP contribution in [0.3, 0.4) is 0 Å². The van der Waals surface area contributed by atoms with E-state index in [0.717, 1.165) is 12.2 Å². The van der Waals surface area contributed by atoms with Crippen molar-refractivity contribution in [2.45, 2.75) is 32.8 Å². The van der Waals surface area contributed by atoms with Gasteiger partial charge in [0.1, 0.15) is 5.75 Å². The molecule has 19 heavy (non-hydrogen) atoms. The molecule has 1 rings (SSSR count). The van der Waals surface area contributed by atoms with Crippen LogP contribution in [0.4, 0.5) is 0 Å². The maximum atomic E-state index is 11.9. The summed E-state index contributed by atoms with van der Waals surface area (Å²) in [5.74, 6) is 0.656. The number of ether oxygens (including phenoxy) is 2. The lowest BCUT2D eigenvalue weighted by molar-refractivity contribution is -0.128. The quantitative estimate of drug-likeness (QED) is 0.734. The maximum absolute atomic E-state index is 11.9. The van der Waals surface area contributed by atoms with Crippen LogP contribution in [0.25, 0.3) is 0 Å². The molecule has 1 aromatic carbocycles. The van der Waals surface area contributed by atoms with Crippen LogP contribution < -0.4 is 10.1 Å². The summed E-state index contributed by atoms with van der Waals surface area (Å²) in [7, 11) is 1.65. The fourth-order valence-corrected chi connectivity index (χ4v) is 1.65. The van der Waals surface area contributed by atoms with E-state index >= 15 is 0 Å². The average molecular weight is 265 g/mol. The topological polar surface area (TPSA) is 47.6 Å². The van der Waals surface area contributed by atoms with E-state index < -0.39 is 6.10 Å². The van der Waals surface area contributed by atoms with Gasteiger partial charge in [-0.05, 0) is 31.9 Å². The second kappa shape index (κ2) is 8.53. The van der Waals surface area contributed by atoms with Gasteiger partial charge in [0.05, 0.1) is 0 Å². The molecule has 0 saturated heterocycles. The fourth-order valence-electron chi connectivity index (χ4n) is 1.65. The normalized spacial score (nSPS) is 11.9. The molecule has 4 nitrogen and oxygen atoms in total. The lowest BCUT2D eigenvalue weighted by atomic mass is 10.2. The first-order valence-corrected chi connectivity index (χ1v) is 6.67. The van der Waals surface area contributed by atoms with Gasteiger partial charge in [-0.25, -0.2) is 0 Å². The lowest BCUT2D eigenvalue weighted by Gasteiger charge is -2.17. The zero-order valence-electron chi connectivity index (χ0n) is 11.9. The molecule has 0 aliphatic rings. The van der Waals surface area contributed by atoms with Crippen molar-refractivity contribution in [3.8, 4) is 5.75 Å². The first-order valence-electron chi connectivity index (χ1n) is 6.67. The molecule has 1 aromatic rings. The third-order valence-corrected chi connectivity index (χ3v) is 2.79. The van der Waals surface area contributed by atoms with Gasteiger partial charge in [-0.2, -0.15) is 0 Å². The number of nitrogens with one attached hydrogen (secondary N) is 1. The molecule has 0 spiro atoms. The summed E-state index contributed by atoms with van der Waals surface area (Å²) in [6, 6.07) is 7.71. The van der Waals surface area contributed by atoms with Crippen LogP contribution in [0, 0.1) is 6.92 Å². The zero-order chi connectivity index (χ0) is 14.1. The third-order valence-electron chi connectivity index (χ3n) is 2.79. The molecule has 0 fully saturated rings. The number of aryl methyl sites for hydroxylation is 1. The molecule has 1 N–H and O–H groups in total. The van der Waals surface area contributed by atoms with E-state index in [0.29, 0.717) is 19.6 Å². The Labute approximate surface area is 115 Å². The molecule has 0 aliphatic carbocycles. The van der Waals surface area contributed by atoms with Crippen molar-refractivity contribution in [2.75, 3.05) is 20.3 Å². The lowest BCUT2D eigenvalue weighted by Crippen LogP contribution is -2.38. The van der Waals surface area contributed by atoms with Crippen molar-refractivity contribution >= 4 is 5.91 Å². The molecule has 0 aliphatic heterocycles. The predicted octanol–water partition coefficient (Wildman–Crippen LogP) is 2.31. The van der Waals surface area contributed by atoms with Crippen LogP contribution in [-0.4, -0.2) is 32.3 Å². The largest absolute Gasteiger partial charge is 0.481 e. The van der Waals surface area contributed by atoms with Gasteiger partial charge in [0.2, 0.25) is 0 Å². The monoisotopic (exact) mass is 265 g/mol. The summed E-state index contributed by atoms with van der Waals surface area (Å²) in [5, 5.41) is 2.86. The summed E-state index contributed by atoms with van der Waals surface area (Å²) >= 11 is 0. The van der Waals surface area contributed by atoms with Crippen molar-refractivity contribution in [3.05, 3.63) is 29.8 Å². The number of methoxy groups -OCH3 is 1. The second-order valence-corrected chi connectivity index (χ2v) is 4.47. The van der Waals surface area contributed by atoms with Gasteiger partial charge in [-0.3, -0.25) is 4.79 Å². The summed E-state index contributed by atoms with van der Waals surface area (Å²) in [6.45, 7) is 5.22. The van der Waals surface area contributed by atoms with Crippen molar-refractivity contribution in [1.29, 1.82) is 0 Å². The van der Waals surface area contributed by atoms with E-state index in [2.05, 4.69) is 5.32 Å². The van der Waals surface area contributed by atoms with Crippen LogP contribution >= 0.6 is 0 Å². The summed E-state index contributed by atoms with van der Waals surface area (Å²) in [5.41, 5.74) is 1.17. The number of benzene rings is 1. The number of hydrogen-bond acceptors (Lipinski definition) is 3. The first-order chi connectivity index (χ1) is 9.17. The minimum absolute atomic E-state index is 0.0702. The molecule has 4 heteroatoms. The minimum Gasteiger partial charge on any atom is -0.481 e. The fraction of sp³-hybridized carbons (Fsp3) is 0.533. The Balaban J connectivity index is 2.43. The SMILES string of the molecule is CCC(Oc1ccc(C)cc1)C(=O)NCCCOC. The molecule has 0 radical (unpaired) electrons. The Morgan fingerprint density at radius 1 is 1.32 bits per heavy atom. The van der Waals surface area contributed by atoms with Gasteiger partial charge in [0.25, 0.3) is 5.91 Å². The summed E-state index contributed by atoms with van der Waals surface area (Å²) in [4.78, 5) is 11.9. The van der Waals surface area contributed by atoms with Crippen LogP contribution in [0.2, 0.25) is 0 Å². The second-order valence-electron chi connectivity index (χ2n) is 4.47. The molecule has 0 bridgehead atoms. The van der Waals surface area contributed by atoms with Gasteiger partial charge in [0, 0.05) is 20.3 Å². The Hall–Kier alpha value is -1.55. The van der Waals surface area contributed by atoms with Gasteiger partial charge in [0.15, 0.2) is 6.10 Å². The molecule has 0 heterocycles. The Kier molecular flexibility index (Phi) is 6.97. The highest BCUT2D eigenvalue weighted by molar-refractivity contribution is 5.81. The van der Waals surface area contributed by atoms with E-state index in [4.69, 9.17) is 9.47 Å². The predicted molar refractivity (Wildman–Crippen MR) is 75.4 cm³/mol. The Morgan fingerprint density at radius 3 is 2.58 bits per heavy atom. The molecular weight excluding hydrogens is 242 g/mol. The average Bonchev–Trinajstić information content (AvgIpc) is 2.42. The molecule has 106 valence electrons. The first kappa shape index (κ1) is 15.5. The van der Waals surface area contributed by atoms with E-state index in [-0.39, 0.29) is 5.91 Å². The van der Waals surface area contributed by atoms with Crippen LogP contribution in [0.5, 0.6) is 5.75 Å². The van der Waals surface area contributed by atoms with Crippen molar-refractivity contribution < 1.29 is 14.3 Å². The smallest absolute Gasteiger partial charge is 0.261 e. The van der Waals surface area contributed by atoms with Gasteiger partial charge in [-0.1, -0.05) is 24.6 Å². The highest BCUT2D eigenvalue weighted by atomic mass is 16.5. The van der Waals surface area contributed by atoms with E-state index in [1.165, 1.54) is 5.56 Å². The van der Waals surface area contributed by atoms with E-state index in [1.54, 1.807) is 7.11 Å². The minimum atomic E-state index is -0.440. The van der Waals surface area contributed by atoms with Crippen molar-refractivity contribution in [3.63, 3.8) is 0 Å². The van der Waals surface area contributed by atoms with Gasteiger partial charge < -0.3 is 14.8 Å². The number of amides is 1. The van der Waals surface area contributed by atoms with Crippen molar-refractivity contribution in [2.24, 2.45) is 0 Å². The highest BCUT2D eigenvalue weighted by Crippen LogP contribution is 2.14. The van der Waals surface area contributed by atoms with Gasteiger partial charge >= 0.3 is 0 Å². The Bertz CT molecular complexity index is 375. The number of rotatable bonds is 8. The maximum Gasteiger partial charge on any atom is 0.261 e. The van der Waals surface area contributed by atoms with Gasteiger partial charge in [-0.15, -0.1) is 0 Å². The molecule has 1 atom stereocenters. The Morgan fingerprint density at radius 2 is 2.00 bits per heavy atom. The molecule has 1 unspecified atom stereocenters. The molecular formula is C15H23NO3. The van der Waals surface area contributed by atoms with Crippen LogP contribution in [0.1, 0.15) is 25.3 Å². The van der Waals surface area contributed by atoms with Crippen LogP contribution in [-0.2, 0) is 9.53 Å². The standard InChI is InChI=1S/C15H23NO3/c1-4-14(15(17)16-10-5-11-18-3)19-13-8-6-12(2)7-9-13/h6-9,14H,4-5,10-11H2,1-3H3,(H,16,17). The molecule has 0 aromatic heterocycles. The van der Waals surface area contributed by atoms with E-state index in [1.807, 2.05) is 38.1 Å². The van der Waals surface area contributed by atoms with E-state index in [9.17, 15) is 4.79 Å². The summed E-state index contributed by atoms with van der Waals surface area (Å²) in [6.07, 6.45) is 1.01.